The molecule has 0 aliphatic carbocycles. The smallest absolute Gasteiger partial charge is 0.240 e. The maximum absolute atomic E-state index is 12.2. The first kappa shape index (κ1) is 16.3. The fraction of sp³-hybridized carbons (Fsp3) is 0.600. The van der Waals surface area contributed by atoms with Gasteiger partial charge in [-0.3, -0.25) is 0 Å². The number of benzene rings is 1. The third kappa shape index (κ3) is 4.98. The summed E-state index contributed by atoms with van der Waals surface area (Å²) in [6.07, 6.45) is 4.07. The number of hydrogen-bond acceptors (Lipinski definition) is 4. The largest absolute Gasteiger partial charge is 0.385 e. The summed E-state index contributed by atoms with van der Waals surface area (Å²) in [6, 6.07) is 6.85. The molecule has 5 nitrogen and oxygen atoms in total. The molecule has 0 bridgehead atoms. The first-order valence-electron chi connectivity index (χ1n) is 7.57. The van der Waals surface area contributed by atoms with Gasteiger partial charge in [-0.1, -0.05) is 6.92 Å². The third-order valence-corrected chi connectivity index (χ3v) is 5.00. The number of rotatable bonds is 8. The molecule has 1 aromatic rings. The highest BCUT2D eigenvalue weighted by molar-refractivity contribution is 7.89. The van der Waals surface area contributed by atoms with Gasteiger partial charge in [0.25, 0.3) is 0 Å². The lowest BCUT2D eigenvalue weighted by atomic mass is 10.2. The molecule has 1 unspecified atom stereocenters. The maximum Gasteiger partial charge on any atom is 0.240 e. The van der Waals surface area contributed by atoms with Crippen molar-refractivity contribution in [3.8, 4) is 0 Å². The van der Waals surface area contributed by atoms with Crippen molar-refractivity contribution in [2.24, 2.45) is 0 Å². The van der Waals surface area contributed by atoms with Gasteiger partial charge >= 0.3 is 0 Å². The molecule has 1 aliphatic heterocycles. The summed E-state index contributed by atoms with van der Waals surface area (Å²) in [5, 5.41) is 3.22. The van der Waals surface area contributed by atoms with Gasteiger partial charge in [-0.2, -0.15) is 0 Å². The zero-order chi connectivity index (χ0) is 15.1. The summed E-state index contributed by atoms with van der Waals surface area (Å²) in [6.45, 7) is 4.18. The van der Waals surface area contributed by atoms with Crippen LogP contribution in [0.1, 0.15) is 32.6 Å². The standard InChI is InChI=1S/C15H24N2O3S/c1-2-10-16-13-5-7-15(8-6-13)21(18,19)17-11-9-14-4-3-12-20-14/h5-8,14,16-17H,2-4,9-12H2,1H3. The molecule has 21 heavy (non-hydrogen) atoms. The maximum atomic E-state index is 12.2. The van der Waals surface area contributed by atoms with Crippen LogP contribution in [-0.4, -0.2) is 34.2 Å². The van der Waals surface area contributed by atoms with Gasteiger partial charge in [-0.25, -0.2) is 13.1 Å². The van der Waals surface area contributed by atoms with E-state index >= 15 is 0 Å². The Bertz CT molecular complexity index is 522. The van der Waals surface area contributed by atoms with Gasteiger partial charge in [-0.15, -0.1) is 0 Å². The van der Waals surface area contributed by atoms with E-state index in [2.05, 4.69) is 17.0 Å². The van der Waals surface area contributed by atoms with E-state index in [1.54, 1.807) is 24.3 Å². The molecule has 2 rings (SSSR count). The molecular weight excluding hydrogens is 288 g/mol. The van der Waals surface area contributed by atoms with Crippen LogP contribution in [0.4, 0.5) is 5.69 Å². The molecule has 1 aliphatic rings. The second kappa shape index (κ2) is 7.77. The van der Waals surface area contributed by atoms with Crippen LogP contribution in [0.15, 0.2) is 29.2 Å². The molecule has 0 amide bonds. The molecule has 0 spiro atoms. The lowest BCUT2D eigenvalue weighted by Crippen LogP contribution is -2.27. The summed E-state index contributed by atoms with van der Waals surface area (Å²) in [5.74, 6) is 0. The average Bonchev–Trinajstić information content (AvgIpc) is 2.98. The van der Waals surface area contributed by atoms with Crippen molar-refractivity contribution >= 4 is 15.7 Å². The highest BCUT2D eigenvalue weighted by Gasteiger charge is 2.18. The van der Waals surface area contributed by atoms with E-state index in [1.165, 1.54) is 0 Å². The fourth-order valence-corrected chi connectivity index (χ4v) is 3.38. The lowest BCUT2D eigenvalue weighted by Gasteiger charge is -2.11. The van der Waals surface area contributed by atoms with Gasteiger partial charge in [-0.05, 0) is 49.9 Å². The summed E-state index contributed by atoms with van der Waals surface area (Å²) < 4.78 is 32.4. The Balaban J connectivity index is 1.85. The van der Waals surface area contributed by atoms with Gasteiger partial charge in [0.15, 0.2) is 0 Å². The number of anilines is 1. The first-order chi connectivity index (χ1) is 10.1. The molecule has 1 aromatic carbocycles. The fourth-order valence-electron chi connectivity index (χ4n) is 2.33. The van der Waals surface area contributed by atoms with Gasteiger partial charge in [0.2, 0.25) is 10.0 Å². The summed E-state index contributed by atoms with van der Waals surface area (Å²) >= 11 is 0. The minimum absolute atomic E-state index is 0.202. The van der Waals surface area contributed by atoms with Crippen LogP contribution in [-0.2, 0) is 14.8 Å². The molecule has 0 radical (unpaired) electrons. The Morgan fingerprint density at radius 3 is 2.62 bits per heavy atom. The molecule has 1 fully saturated rings. The third-order valence-electron chi connectivity index (χ3n) is 3.53. The zero-order valence-electron chi connectivity index (χ0n) is 12.5. The first-order valence-corrected chi connectivity index (χ1v) is 9.05. The van der Waals surface area contributed by atoms with E-state index in [0.29, 0.717) is 11.4 Å². The van der Waals surface area contributed by atoms with Crippen LogP contribution in [0.2, 0.25) is 0 Å². The monoisotopic (exact) mass is 312 g/mol. The normalized spacial score (nSPS) is 18.8. The Morgan fingerprint density at radius 2 is 2.00 bits per heavy atom. The Labute approximate surface area is 127 Å². The highest BCUT2D eigenvalue weighted by Crippen LogP contribution is 2.16. The van der Waals surface area contributed by atoms with Gasteiger partial charge < -0.3 is 10.1 Å². The SMILES string of the molecule is CCCNc1ccc(S(=O)(=O)NCCC2CCCO2)cc1. The van der Waals surface area contributed by atoms with Gasteiger partial charge in [0.1, 0.15) is 0 Å². The molecule has 0 aromatic heterocycles. The quantitative estimate of drug-likeness (QED) is 0.773. The van der Waals surface area contributed by atoms with Crippen LogP contribution in [0, 0.1) is 0 Å². The number of nitrogens with one attached hydrogen (secondary N) is 2. The molecule has 2 N–H and O–H groups in total. The highest BCUT2D eigenvalue weighted by atomic mass is 32.2. The zero-order valence-corrected chi connectivity index (χ0v) is 13.3. The summed E-state index contributed by atoms with van der Waals surface area (Å²) in [4.78, 5) is 0.303. The Morgan fingerprint density at radius 1 is 1.24 bits per heavy atom. The molecular formula is C15H24N2O3S. The molecule has 118 valence electrons. The van der Waals surface area contributed by atoms with Crippen LogP contribution < -0.4 is 10.0 Å². The number of ether oxygens (including phenoxy) is 1. The van der Waals surface area contributed by atoms with Gasteiger partial charge in [0, 0.05) is 25.4 Å². The topological polar surface area (TPSA) is 67.4 Å². The van der Waals surface area contributed by atoms with Crippen molar-refractivity contribution in [3.05, 3.63) is 24.3 Å². The number of hydrogen-bond donors (Lipinski definition) is 2. The van der Waals surface area contributed by atoms with Crippen molar-refractivity contribution in [2.75, 3.05) is 25.0 Å². The van der Waals surface area contributed by atoms with Crippen molar-refractivity contribution in [1.82, 2.24) is 4.72 Å². The molecule has 0 saturated carbocycles. The minimum Gasteiger partial charge on any atom is -0.385 e. The van der Waals surface area contributed by atoms with Crippen LogP contribution in [0.5, 0.6) is 0 Å². The Kier molecular flexibility index (Phi) is 6.02. The molecule has 1 atom stereocenters. The minimum atomic E-state index is -3.42. The Hall–Kier alpha value is -1.11. The lowest BCUT2D eigenvalue weighted by molar-refractivity contribution is 0.105. The van der Waals surface area contributed by atoms with E-state index in [9.17, 15) is 8.42 Å². The predicted octanol–water partition coefficient (Wildman–Crippen LogP) is 2.36. The van der Waals surface area contributed by atoms with Crippen molar-refractivity contribution in [1.29, 1.82) is 0 Å². The van der Waals surface area contributed by atoms with E-state index in [4.69, 9.17) is 4.74 Å². The van der Waals surface area contributed by atoms with E-state index in [0.717, 1.165) is 44.5 Å². The van der Waals surface area contributed by atoms with Crippen molar-refractivity contribution in [3.63, 3.8) is 0 Å². The summed E-state index contributed by atoms with van der Waals surface area (Å²) in [5.41, 5.74) is 0.940. The van der Waals surface area contributed by atoms with Crippen LogP contribution in [0.3, 0.4) is 0 Å². The molecule has 1 saturated heterocycles. The van der Waals surface area contributed by atoms with Crippen LogP contribution in [0.25, 0.3) is 0 Å². The van der Waals surface area contributed by atoms with Crippen molar-refractivity contribution < 1.29 is 13.2 Å². The van der Waals surface area contributed by atoms with E-state index in [-0.39, 0.29) is 6.10 Å². The second-order valence-corrected chi connectivity index (χ2v) is 7.04. The van der Waals surface area contributed by atoms with Crippen LogP contribution >= 0.6 is 0 Å². The van der Waals surface area contributed by atoms with Crippen molar-refractivity contribution in [2.45, 2.75) is 43.6 Å². The number of sulfonamides is 1. The molecule has 6 heteroatoms. The second-order valence-electron chi connectivity index (χ2n) is 5.27. The summed E-state index contributed by atoms with van der Waals surface area (Å²) in [7, 11) is -3.42. The predicted molar refractivity (Wildman–Crippen MR) is 84.0 cm³/mol. The van der Waals surface area contributed by atoms with E-state index < -0.39 is 10.0 Å². The average molecular weight is 312 g/mol. The van der Waals surface area contributed by atoms with E-state index in [1.807, 2.05) is 0 Å². The molecule has 1 heterocycles. The van der Waals surface area contributed by atoms with Gasteiger partial charge in [0.05, 0.1) is 11.0 Å².